The number of rotatable bonds is 4. The quantitative estimate of drug-likeness (QED) is 0.638. The lowest BCUT2D eigenvalue weighted by Crippen LogP contribution is -2.36. The van der Waals surface area contributed by atoms with Crippen LogP contribution in [0.5, 0.6) is 5.75 Å². The summed E-state index contributed by atoms with van der Waals surface area (Å²) in [7, 11) is 0. The van der Waals surface area contributed by atoms with Gasteiger partial charge in [0.15, 0.2) is 12.4 Å². The first-order valence-corrected chi connectivity index (χ1v) is 9.66. The molecule has 144 valence electrons. The van der Waals surface area contributed by atoms with Gasteiger partial charge in [0.1, 0.15) is 5.75 Å². The number of fused-ring (bicyclic) bond motifs is 1. The zero-order valence-electron chi connectivity index (χ0n) is 16.1. The van der Waals surface area contributed by atoms with Crippen molar-refractivity contribution in [3.63, 3.8) is 0 Å². The fraction of sp³-hybridized carbons (Fsp3) is 0.273. The standard InChI is InChI=1S/C22H22ClN3O2/c1-14-10-18(11-15(2)21(14)23)28-13-25-9-8-19(24-25)22(27)26-16(3)12-17-6-4-5-7-20(17)26/h4-11,16H,12-13H2,1-3H3. The molecule has 2 aromatic carbocycles. The fourth-order valence-corrected chi connectivity index (χ4v) is 3.79. The van der Waals surface area contributed by atoms with Gasteiger partial charge in [0.25, 0.3) is 5.91 Å². The lowest BCUT2D eigenvalue weighted by Gasteiger charge is -2.21. The molecule has 1 aliphatic rings. The highest BCUT2D eigenvalue weighted by atomic mass is 35.5. The average Bonchev–Trinajstić information content (AvgIpc) is 3.27. The first-order chi connectivity index (χ1) is 13.4. The first kappa shape index (κ1) is 18.6. The summed E-state index contributed by atoms with van der Waals surface area (Å²) in [5.41, 5.74) is 4.51. The maximum Gasteiger partial charge on any atom is 0.279 e. The number of hydrogen-bond acceptors (Lipinski definition) is 3. The Labute approximate surface area is 169 Å². The summed E-state index contributed by atoms with van der Waals surface area (Å²) in [6.07, 6.45) is 2.62. The molecule has 4 rings (SSSR count). The van der Waals surface area contributed by atoms with Crippen molar-refractivity contribution in [2.75, 3.05) is 4.90 Å². The van der Waals surface area contributed by atoms with E-state index in [-0.39, 0.29) is 18.7 Å². The average molecular weight is 396 g/mol. The van der Waals surface area contributed by atoms with Crippen LogP contribution in [0.3, 0.4) is 0 Å². The molecular weight excluding hydrogens is 374 g/mol. The van der Waals surface area contributed by atoms with Crippen molar-refractivity contribution in [1.82, 2.24) is 9.78 Å². The third kappa shape index (κ3) is 3.38. The second-order valence-corrected chi connectivity index (χ2v) is 7.62. The van der Waals surface area contributed by atoms with E-state index in [1.807, 2.05) is 49.1 Å². The second-order valence-electron chi connectivity index (χ2n) is 7.24. The maximum absolute atomic E-state index is 13.0. The van der Waals surface area contributed by atoms with Crippen LogP contribution >= 0.6 is 11.6 Å². The van der Waals surface area contributed by atoms with E-state index in [1.54, 1.807) is 16.9 Å². The fourth-order valence-electron chi connectivity index (χ4n) is 3.68. The van der Waals surface area contributed by atoms with Gasteiger partial charge in [0, 0.05) is 22.9 Å². The normalized spacial score (nSPS) is 15.6. The molecule has 0 saturated heterocycles. The van der Waals surface area contributed by atoms with Crippen molar-refractivity contribution in [2.24, 2.45) is 0 Å². The van der Waals surface area contributed by atoms with E-state index in [9.17, 15) is 4.79 Å². The van der Waals surface area contributed by atoms with E-state index in [0.717, 1.165) is 34.0 Å². The van der Waals surface area contributed by atoms with Gasteiger partial charge in [-0.1, -0.05) is 29.8 Å². The SMILES string of the molecule is Cc1cc(OCn2ccc(C(=O)N3c4ccccc4CC3C)n2)cc(C)c1Cl. The van der Waals surface area contributed by atoms with Gasteiger partial charge in [-0.05, 0) is 68.1 Å². The summed E-state index contributed by atoms with van der Waals surface area (Å²) in [5, 5.41) is 5.16. The molecule has 3 aromatic rings. The van der Waals surface area contributed by atoms with Crippen LogP contribution in [0.25, 0.3) is 0 Å². The summed E-state index contributed by atoms with van der Waals surface area (Å²) in [4.78, 5) is 14.9. The van der Waals surface area contributed by atoms with Crippen molar-refractivity contribution in [2.45, 2.75) is 40.0 Å². The van der Waals surface area contributed by atoms with Crippen molar-refractivity contribution in [3.8, 4) is 5.75 Å². The number of para-hydroxylation sites is 1. The van der Waals surface area contributed by atoms with Gasteiger partial charge < -0.3 is 9.64 Å². The zero-order chi connectivity index (χ0) is 19.8. The predicted octanol–water partition coefficient (Wildman–Crippen LogP) is 4.78. The van der Waals surface area contributed by atoms with Gasteiger partial charge in [-0.3, -0.25) is 4.79 Å². The molecule has 0 aliphatic carbocycles. The molecule has 1 atom stereocenters. The molecule has 0 spiro atoms. The molecule has 2 heterocycles. The number of amides is 1. The van der Waals surface area contributed by atoms with Crippen LogP contribution in [0.4, 0.5) is 5.69 Å². The van der Waals surface area contributed by atoms with E-state index >= 15 is 0 Å². The lowest BCUT2D eigenvalue weighted by atomic mass is 10.1. The Kier molecular flexibility index (Phi) is 4.85. The van der Waals surface area contributed by atoms with Gasteiger partial charge in [-0.25, -0.2) is 4.68 Å². The van der Waals surface area contributed by atoms with Gasteiger partial charge >= 0.3 is 0 Å². The molecule has 0 saturated carbocycles. The number of ether oxygens (including phenoxy) is 1. The molecule has 28 heavy (non-hydrogen) atoms. The molecule has 0 radical (unpaired) electrons. The minimum Gasteiger partial charge on any atom is -0.471 e. The number of hydrogen-bond donors (Lipinski definition) is 0. The topological polar surface area (TPSA) is 47.4 Å². The van der Waals surface area contributed by atoms with E-state index in [2.05, 4.69) is 18.1 Å². The minimum atomic E-state index is -0.0885. The van der Waals surface area contributed by atoms with Crippen LogP contribution in [-0.2, 0) is 13.2 Å². The summed E-state index contributed by atoms with van der Waals surface area (Å²) in [6.45, 7) is 6.17. The molecule has 5 nitrogen and oxygen atoms in total. The van der Waals surface area contributed by atoms with Gasteiger partial charge in [-0.15, -0.1) is 0 Å². The van der Waals surface area contributed by atoms with Crippen LogP contribution in [0.15, 0.2) is 48.7 Å². The highest BCUT2D eigenvalue weighted by Gasteiger charge is 2.32. The second kappa shape index (κ2) is 7.32. The predicted molar refractivity (Wildman–Crippen MR) is 110 cm³/mol. The van der Waals surface area contributed by atoms with Gasteiger partial charge in [0.2, 0.25) is 0 Å². The Hall–Kier alpha value is -2.79. The number of halogens is 1. The molecule has 0 fully saturated rings. The molecule has 0 bridgehead atoms. The Morgan fingerprint density at radius 2 is 1.93 bits per heavy atom. The van der Waals surface area contributed by atoms with Crippen LogP contribution in [0.1, 0.15) is 34.1 Å². The largest absolute Gasteiger partial charge is 0.471 e. The van der Waals surface area contributed by atoms with Crippen molar-refractivity contribution >= 4 is 23.2 Å². The summed E-state index contributed by atoms with van der Waals surface area (Å²) in [5.74, 6) is 0.638. The summed E-state index contributed by atoms with van der Waals surface area (Å²) in [6, 6.07) is 13.7. The molecule has 1 aromatic heterocycles. The van der Waals surface area contributed by atoms with Crippen molar-refractivity contribution < 1.29 is 9.53 Å². The Morgan fingerprint density at radius 3 is 2.68 bits per heavy atom. The van der Waals surface area contributed by atoms with Crippen LogP contribution in [0.2, 0.25) is 5.02 Å². The van der Waals surface area contributed by atoms with Gasteiger partial charge in [-0.2, -0.15) is 5.10 Å². The summed E-state index contributed by atoms with van der Waals surface area (Å²) >= 11 is 6.20. The van der Waals surface area contributed by atoms with Crippen LogP contribution < -0.4 is 9.64 Å². The molecule has 1 unspecified atom stereocenters. The Bertz CT molecular complexity index is 1020. The Morgan fingerprint density at radius 1 is 1.21 bits per heavy atom. The monoisotopic (exact) mass is 395 g/mol. The lowest BCUT2D eigenvalue weighted by molar-refractivity contribution is 0.0974. The molecule has 1 aliphatic heterocycles. The molecule has 1 amide bonds. The first-order valence-electron chi connectivity index (χ1n) is 9.28. The van der Waals surface area contributed by atoms with E-state index in [1.165, 1.54) is 5.56 Å². The smallest absolute Gasteiger partial charge is 0.279 e. The molecule has 6 heteroatoms. The van der Waals surface area contributed by atoms with Crippen LogP contribution in [0, 0.1) is 13.8 Å². The highest BCUT2D eigenvalue weighted by molar-refractivity contribution is 6.32. The number of carbonyl (C=O) groups excluding carboxylic acids is 1. The van der Waals surface area contributed by atoms with Crippen molar-refractivity contribution in [1.29, 1.82) is 0 Å². The summed E-state index contributed by atoms with van der Waals surface area (Å²) < 4.78 is 7.45. The van der Waals surface area contributed by atoms with Crippen LogP contribution in [-0.4, -0.2) is 21.7 Å². The van der Waals surface area contributed by atoms with E-state index < -0.39 is 0 Å². The number of benzene rings is 2. The number of aromatic nitrogens is 2. The number of aryl methyl sites for hydroxylation is 2. The number of anilines is 1. The number of nitrogens with zero attached hydrogens (tertiary/aromatic N) is 3. The molecular formula is C22H22ClN3O2. The minimum absolute atomic E-state index is 0.0885. The Balaban J connectivity index is 1.48. The third-order valence-electron chi connectivity index (χ3n) is 5.06. The van der Waals surface area contributed by atoms with E-state index in [4.69, 9.17) is 16.3 Å². The third-order valence-corrected chi connectivity index (χ3v) is 5.66. The highest BCUT2D eigenvalue weighted by Crippen LogP contribution is 2.32. The molecule has 0 N–H and O–H groups in total. The number of carbonyl (C=O) groups is 1. The zero-order valence-corrected chi connectivity index (χ0v) is 16.9. The van der Waals surface area contributed by atoms with E-state index in [0.29, 0.717) is 5.69 Å². The van der Waals surface area contributed by atoms with Crippen molar-refractivity contribution in [3.05, 3.63) is 76.1 Å². The van der Waals surface area contributed by atoms with Gasteiger partial charge in [0.05, 0.1) is 0 Å². The maximum atomic E-state index is 13.0.